The lowest BCUT2D eigenvalue weighted by molar-refractivity contribution is -0.131. The molecule has 1 aliphatic rings. The zero-order valence-corrected chi connectivity index (χ0v) is 18.2. The average Bonchev–Trinajstić information content (AvgIpc) is 3.16. The Morgan fingerprint density at radius 2 is 2.03 bits per heavy atom. The van der Waals surface area contributed by atoms with Crippen molar-refractivity contribution in [1.82, 2.24) is 25.0 Å². The molecule has 0 unspecified atom stereocenters. The van der Waals surface area contributed by atoms with Crippen molar-refractivity contribution in [3.63, 3.8) is 0 Å². The number of amidine groups is 1. The SMILES string of the molecule is CS(=O)(=O)N1CCN(C(=O)Cc2nonc2C(=Nc2ccc(F)c(Br)c2)NO)CC1. The van der Waals surface area contributed by atoms with Gasteiger partial charge in [0.05, 0.1) is 22.8 Å². The van der Waals surface area contributed by atoms with Gasteiger partial charge < -0.3 is 4.90 Å². The van der Waals surface area contributed by atoms with Crippen LogP contribution in [0.15, 0.2) is 32.3 Å². The van der Waals surface area contributed by atoms with E-state index in [1.807, 2.05) is 5.48 Å². The highest BCUT2D eigenvalue weighted by atomic mass is 79.9. The molecule has 11 nitrogen and oxygen atoms in total. The van der Waals surface area contributed by atoms with Gasteiger partial charge in [-0.25, -0.2) is 22.4 Å². The Balaban J connectivity index is 1.73. The Hall–Kier alpha value is -2.42. The first-order chi connectivity index (χ1) is 14.2. The summed E-state index contributed by atoms with van der Waals surface area (Å²) in [4.78, 5) is 18.3. The van der Waals surface area contributed by atoms with Crippen molar-refractivity contribution in [2.24, 2.45) is 4.99 Å². The predicted octanol–water partition coefficient (Wildman–Crippen LogP) is 0.675. The standard InChI is InChI=1S/C16H18BrFN6O5S/c1-30(27,28)24-6-4-23(5-7-24)14(25)9-13-15(22-29-21-13)16(20-26)19-10-2-3-12(18)11(17)8-10/h2-3,8,26H,4-7,9H2,1H3,(H,19,20). The maximum Gasteiger partial charge on any atom is 0.228 e. The second kappa shape index (κ2) is 9.16. The number of nitrogens with one attached hydrogen (secondary N) is 1. The largest absolute Gasteiger partial charge is 0.340 e. The van der Waals surface area contributed by atoms with Gasteiger partial charge in [-0.3, -0.25) is 15.5 Å². The molecule has 3 rings (SSSR count). The normalized spacial score (nSPS) is 16.0. The summed E-state index contributed by atoms with van der Waals surface area (Å²) < 4.78 is 42.8. The van der Waals surface area contributed by atoms with Crippen molar-refractivity contribution in [3.05, 3.63) is 39.9 Å². The molecule has 1 aliphatic heterocycles. The van der Waals surface area contributed by atoms with E-state index in [9.17, 15) is 22.8 Å². The molecule has 1 aromatic heterocycles. The minimum Gasteiger partial charge on any atom is -0.340 e. The van der Waals surface area contributed by atoms with E-state index >= 15 is 0 Å². The van der Waals surface area contributed by atoms with Crippen LogP contribution in [0.5, 0.6) is 0 Å². The van der Waals surface area contributed by atoms with Crippen LogP contribution >= 0.6 is 15.9 Å². The number of carbonyl (C=O) groups excluding carboxylic acids is 1. The molecule has 1 aromatic carbocycles. The third-order valence-corrected chi connectivity index (χ3v) is 6.32. The maximum absolute atomic E-state index is 13.4. The second-order valence-corrected chi connectivity index (χ2v) is 9.29. The molecule has 30 heavy (non-hydrogen) atoms. The molecule has 14 heteroatoms. The van der Waals surface area contributed by atoms with Gasteiger partial charge >= 0.3 is 0 Å². The van der Waals surface area contributed by atoms with Crippen LogP contribution in [0, 0.1) is 5.82 Å². The van der Waals surface area contributed by atoms with Crippen LogP contribution in [0.1, 0.15) is 11.4 Å². The average molecular weight is 505 g/mol. The minimum atomic E-state index is -3.30. The summed E-state index contributed by atoms with van der Waals surface area (Å²) >= 11 is 3.05. The number of nitrogens with zero attached hydrogens (tertiary/aromatic N) is 5. The number of hydrogen-bond donors (Lipinski definition) is 2. The van der Waals surface area contributed by atoms with Crippen LogP contribution in [0.3, 0.4) is 0 Å². The summed E-state index contributed by atoms with van der Waals surface area (Å²) in [5.74, 6) is -0.917. The zero-order valence-electron chi connectivity index (χ0n) is 15.7. The van der Waals surface area contributed by atoms with Gasteiger partial charge in [-0.1, -0.05) is 5.16 Å². The molecule has 1 amide bonds. The van der Waals surface area contributed by atoms with Gasteiger partial charge in [0.2, 0.25) is 15.9 Å². The molecule has 0 atom stereocenters. The van der Waals surface area contributed by atoms with Crippen molar-refractivity contribution in [2.45, 2.75) is 6.42 Å². The van der Waals surface area contributed by atoms with Crippen LogP contribution in [-0.2, 0) is 21.2 Å². The minimum absolute atomic E-state index is 0.0149. The van der Waals surface area contributed by atoms with E-state index in [-0.39, 0.29) is 60.2 Å². The molecule has 0 saturated carbocycles. The lowest BCUT2D eigenvalue weighted by Gasteiger charge is -2.33. The highest BCUT2D eigenvalue weighted by molar-refractivity contribution is 9.10. The first-order valence-electron chi connectivity index (χ1n) is 8.67. The van der Waals surface area contributed by atoms with E-state index in [1.165, 1.54) is 27.4 Å². The van der Waals surface area contributed by atoms with Crippen LogP contribution in [0.25, 0.3) is 0 Å². The molecule has 162 valence electrons. The molecule has 0 spiro atoms. The fourth-order valence-electron chi connectivity index (χ4n) is 2.84. The predicted molar refractivity (Wildman–Crippen MR) is 106 cm³/mol. The maximum atomic E-state index is 13.4. The van der Waals surface area contributed by atoms with Gasteiger partial charge in [0.15, 0.2) is 11.5 Å². The van der Waals surface area contributed by atoms with E-state index in [1.54, 1.807) is 0 Å². The summed E-state index contributed by atoms with van der Waals surface area (Å²) in [6.45, 7) is 0.905. The topological polar surface area (TPSA) is 141 Å². The van der Waals surface area contributed by atoms with Crippen molar-refractivity contribution < 1.29 is 27.4 Å². The number of halogens is 2. The molecule has 2 N–H and O–H groups in total. The van der Waals surface area contributed by atoms with Gasteiger partial charge in [0.25, 0.3) is 0 Å². The fourth-order valence-corrected chi connectivity index (χ4v) is 4.03. The summed E-state index contributed by atoms with van der Waals surface area (Å²) in [7, 11) is -3.30. The van der Waals surface area contributed by atoms with E-state index in [0.717, 1.165) is 6.26 Å². The Labute approximate surface area is 179 Å². The highest BCUT2D eigenvalue weighted by Crippen LogP contribution is 2.23. The second-order valence-electron chi connectivity index (χ2n) is 6.45. The van der Waals surface area contributed by atoms with Crippen molar-refractivity contribution in [2.75, 3.05) is 32.4 Å². The number of hydrogen-bond acceptors (Lipinski definition) is 8. The Kier molecular flexibility index (Phi) is 6.80. The zero-order chi connectivity index (χ0) is 21.9. The summed E-state index contributed by atoms with van der Waals surface area (Å²) in [6, 6.07) is 3.98. The summed E-state index contributed by atoms with van der Waals surface area (Å²) in [5, 5.41) is 16.9. The van der Waals surface area contributed by atoms with Gasteiger partial charge in [-0.05, 0) is 39.3 Å². The van der Waals surface area contributed by atoms with Crippen LogP contribution in [0.4, 0.5) is 10.1 Å². The third-order valence-electron chi connectivity index (χ3n) is 4.41. The number of aromatic nitrogens is 2. The number of amides is 1. The number of benzene rings is 1. The molecule has 2 aromatic rings. The number of rotatable bonds is 5. The molecule has 1 saturated heterocycles. The first-order valence-corrected chi connectivity index (χ1v) is 11.3. The van der Waals surface area contributed by atoms with Gasteiger partial charge in [-0.2, -0.15) is 4.31 Å². The summed E-state index contributed by atoms with van der Waals surface area (Å²) in [6.07, 6.45) is 0.936. The lowest BCUT2D eigenvalue weighted by Crippen LogP contribution is -2.50. The van der Waals surface area contributed by atoms with Crippen LogP contribution in [-0.4, -0.2) is 77.3 Å². The quantitative estimate of drug-likeness (QED) is 0.343. The molecule has 0 radical (unpaired) electrons. The molecule has 0 aliphatic carbocycles. The number of piperazine rings is 1. The molecule has 0 bridgehead atoms. The third kappa shape index (κ3) is 5.19. The van der Waals surface area contributed by atoms with Gasteiger partial charge in [0, 0.05) is 26.2 Å². The van der Waals surface area contributed by atoms with E-state index < -0.39 is 15.8 Å². The van der Waals surface area contributed by atoms with E-state index in [2.05, 4.69) is 31.2 Å². The van der Waals surface area contributed by atoms with Crippen LogP contribution in [0.2, 0.25) is 0 Å². The monoisotopic (exact) mass is 504 g/mol. The van der Waals surface area contributed by atoms with Gasteiger partial charge in [-0.15, -0.1) is 0 Å². The number of carbonyl (C=O) groups is 1. The fraction of sp³-hybridized carbons (Fsp3) is 0.375. The number of aliphatic imine (C=N–C) groups is 1. The molecular formula is C16H18BrFN6O5S. The molecular weight excluding hydrogens is 487 g/mol. The first kappa shape index (κ1) is 22.3. The molecule has 2 heterocycles. The Morgan fingerprint density at radius 3 is 2.63 bits per heavy atom. The van der Waals surface area contributed by atoms with Crippen molar-refractivity contribution >= 4 is 43.4 Å². The van der Waals surface area contributed by atoms with E-state index in [4.69, 9.17) is 4.63 Å². The Bertz CT molecular complexity index is 1070. The van der Waals surface area contributed by atoms with Crippen molar-refractivity contribution in [1.29, 1.82) is 0 Å². The smallest absolute Gasteiger partial charge is 0.228 e. The van der Waals surface area contributed by atoms with E-state index in [0.29, 0.717) is 5.69 Å². The highest BCUT2D eigenvalue weighted by Gasteiger charge is 2.28. The Morgan fingerprint density at radius 1 is 1.33 bits per heavy atom. The summed E-state index contributed by atoms with van der Waals surface area (Å²) in [5.41, 5.74) is 2.33. The van der Waals surface area contributed by atoms with Gasteiger partial charge in [0.1, 0.15) is 11.5 Å². The van der Waals surface area contributed by atoms with Crippen LogP contribution < -0.4 is 5.48 Å². The number of sulfonamides is 1. The lowest BCUT2D eigenvalue weighted by atomic mass is 10.2. The molecule has 1 fully saturated rings. The van der Waals surface area contributed by atoms with Crippen molar-refractivity contribution in [3.8, 4) is 0 Å². The number of hydroxylamine groups is 1.